The van der Waals surface area contributed by atoms with Crippen LogP contribution in [0.2, 0.25) is 0 Å². The van der Waals surface area contributed by atoms with E-state index in [0.29, 0.717) is 11.8 Å². The van der Waals surface area contributed by atoms with Gasteiger partial charge < -0.3 is 14.6 Å². The third kappa shape index (κ3) is 8.27. The quantitative estimate of drug-likeness (QED) is 0.326. The molecule has 0 saturated heterocycles. The summed E-state index contributed by atoms with van der Waals surface area (Å²) < 4.78 is 2.17. The van der Waals surface area contributed by atoms with Gasteiger partial charge in [-0.25, -0.2) is 0 Å². The molecule has 1 aromatic rings. The number of nitrogens with zero attached hydrogens (tertiary/aromatic N) is 1. The van der Waals surface area contributed by atoms with Crippen molar-refractivity contribution in [3.8, 4) is 0 Å². The second-order valence-corrected chi connectivity index (χ2v) is 8.80. The highest BCUT2D eigenvalue weighted by molar-refractivity contribution is 7.07. The average Bonchev–Trinajstić information content (AvgIpc) is 2.71. The van der Waals surface area contributed by atoms with Gasteiger partial charge in [0.1, 0.15) is 0 Å². The Morgan fingerprint density at radius 2 is 1.97 bits per heavy atom. The highest BCUT2D eigenvalue weighted by Crippen LogP contribution is 2.35. The Balaban J connectivity index is 3.04. The molecule has 0 saturated carbocycles. The van der Waals surface area contributed by atoms with E-state index >= 15 is 0 Å². The molecule has 0 radical (unpaired) electrons. The fourth-order valence-electron chi connectivity index (χ4n) is 3.27. The van der Waals surface area contributed by atoms with Gasteiger partial charge in [0, 0.05) is 36.3 Å². The number of nitrogens with one attached hydrogen (secondary N) is 2. The Morgan fingerprint density at radius 3 is 2.47 bits per heavy atom. The van der Waals surface area contributed by atoms with E-state index in [2.05, 4.69) is 99.4 Å². The average molecular weight is 428 g/mol. The number of hydrogen-bond acceptors (Lipinski definition) is 3. The second-order valence-electron chi connectivity index (χ2n) is 7.57. The molecule has 2 atom stereocenters. The van der Waals surface area contributed by atoms with Gasteiger partial charge in [-0.2, -0.15) is 0 Å². The van der Waals surface area contributed by atoms with Crippen LogP contribution < -0.4 is 10.6 Å². The fraction of sp³-hybridized carbons (Fsp3) is 0.462. The lowest BCUT2D eigenvalue weighted by Gasteiger charge is -2.25. The summed E-state index contributed by atoms with van der Waals surface area (Å²) in [6.07, 6.45) is 19.1. The molecule has 2 N–H and O–H groups in total. The Morgan fingerprint density at radius 1 is 1.27 bits per heavy atom. The summed E-state index contributed by atoms with van der Waals surface area (Å²) >= 11 is 1.84. The summed E-state index contributed by atoms with van der Waals surface area (Å²) in [6, 6.07) is 0. The third-order valence-electron chi connectivity index (χ3n) is 5.18. The number of rotatable bonds is 13. The topological polar surface area (TPSA) is 29.0 Å². The molecule has 1 rings (SSSR count). The predicted molar refractivity (Wildman–Crippen MR) is 136 cm³/mol. The van der Waals surface area contributed by atoms with Gasteiger partial charge in [-0.15, -0.1) is 0 Å². The summed E-state index contributed by atoms with van der Waals surface area (Å²) in [5.74, 6) is 2.00. The molecule has 0 aromatic carbocycles. The van der Waals surface area contributed by atoms with Crippen molar-refractivity contribution in [2.24, 2.45) is 13.0 Å². The van der Waals surface area contributed by atoms with E-state index in [1.807, 2.05) is 30.6 Å². The van der Waals surface area contributed by atoms with Crippen LogP contribution in [0.5, 0.6) is 0 Å². The van der Waals surface area contributed by atoms with Gasteiger partial charge in [0.15, 0.2) is 0 Å². The van der Waals surface area contributed by atoms with E-state index in [1.54, 1.807) is 0 Å². The molecule has 166 valence electrons. The molecule has 30 heavy (non-hydrogen) atoms. The fourth-order valence-corrected chi connectivity index (χ4v) is 4.10. The number of hydrogen-bond donors (Lipinski definition) is 2. The lowest BCUT2D eigenvalue weighted by atomic mass is 9.87. The van der Waals surface area contributed by atoms with Gasteiger partial charge in [0.05, 0.1) is 5.82 Å². The van der Waals surface area contributed by atoms with Crippen LogP contribution in [0.3, 0.4) is 0 Å². The zero-order valence-electron chi connectivity index (χ0n) is 20.0. The summed E-state index contributed by atoms with van der Waals surface area (Å²) in [5, 5.41) is 7.16. The molecule has 1 heterocycles. The molecule has 2 unspecified atom stereocenters. The van der Waals surface area contributed by atoms with Crippen LogP contribution in [-0.2, 0) is 7.05 Å². The zero-order chi connectivity index (χ0) is 22.5. The zero-order valence-corrected chi connectivity index (χ0v) is 20.8. The SMILES string of the molecule is C=C/C=C(\C=C/C)CN/C(=C\CC)NC(/C=C(/C(C)CC)C(C)c1cn(C)s1)=C/C. The first-order valence-electron chi connectivity index (χ1n) is 11.1. The van der Waals surface area contributed by atoms with Crippen molar-refractivity contribution in [3.05, 3.63) is 82.8 Å². The van der Waals surface area contributed by atoms with E-state index < -0.39 is 0 Å². The summed E-state index contributed by atoms with van der Waals surface area (Å²) in [7, 11) is 2.10. The van der Waals surface area contributed by atoms with Gasteiger partial charge >= 0.3 is 0 Å². The van der Waals surface area contributed by atoms with Crippen LogP contribution in [0, 0.1) is 5.92 Å². The Bertz CT molecular complexity index is 787. The number of allylic oxidation sites excluding steroid dienone is 7. The molecule has 0 amide bonds. The van der Waals surface area contributed by atoms with Crippen molar-refractivity contribution in [1.82, 2.24) is 14.6 Å². The van der Waals surface area contributed by atoms with Crippen molar-refractivity contribution in [3.63, 3.8) is 0 Å². The van der Waals surface area contributed by atoms with Crippen molar-refractivity contribution >= 4 is 11.5 Å². The van der Waals surface area contributed by atoms with Crippen molar-refractivity contribution in [1.29, 1.82) is 0 Å². The third-order valence-corrected chi connectivity index (χ3v) is 6.25. The molecule has 1 aromatic heterocycles. The number of aryl methyl sites for hydroxylation is 1. The van der Waals surface area contributed by atoms with Crippen LogP contribution >= 0.6 is 11.5 Å². The Kier molecular flexibility index (Phi) is 12.0. The Labute approximate surface area is 188 Å². The first kappa shape index (κ1) is 25.8. The maximum absolute atomic E-state index is 3.82. The molecule has 0 aliphatic heterocycles. The highest BCUT2D eigenvalue weighted by atomic mass is 32.1. The molecule has 3 nitrogen and oxygen atoms in total. The summed E-state index contributed by atoms with van der Waals surface area (Å²) in [4.78, 5) is 1.44. The second kappa shape index (κ2) is 13.9. The van der Waals surface area contributed by atoms with Crippen molar-refractivity contribution in [2.45, 2.75) is 60.3 Å². The lowest BCUT2D eigenvalue weighted by Crippen LogP contribution is -2.27. The molecular formula is C26H41N3S. The van der Waals surface area contributed by atoms with Gasteiger partial charge in [0.2, 0.25) is 0 Å². The van der Waals surface area contributed by atoms with E-state index in [0.717, 1.165) is 30.9 Å². The minimum Gasteiger partial charge on any atom is -0.368 e. The van der Waals surface area contributed by atoms with Gasteiger partial charge in [0.25, 0.3) is 0 Å². The first-order chi connectivity index (χ1) is 14.4. The first-order valence-corrected chi connectivity index (χ1v) is 11.8. The minimum absolute atomic E-state index is 0.432. The molecular weight excluding hydrogens is 386 g/mol. The molecule has 0 bridgehead atoms. The van der Waals surface area contributed by atoms with Crippen molar-refractivity contribution < 1.29 is 0 Å². The van der Waals surface area contributed by atoms with Gasteiger partial charge in [-0.1, -0.05) is 81.8 Å². The van der Waals surface area contributed by atoms with Crippen LogP contribution in [0.15, 0.2) is 78.0 Å². The van der Waals surface area contributed by atoms with Crippen molar-refractivity contribution in [2.75, 3.05) is 6.54 Å². The minimum atomic E-state index is 0.432. The van der Waals surface area contributed by atoms with Crippen LogP contribution in [-0.4, -0.2) is 10.5 Å². The smallest absolute Gasteiger partial charge is 0.0992 e. The lowest BCUT2D eigenvalue weighted by molar-refractivity contribution is 0.603. The summed E-state index contributed by atoms with van der Waals surface area (Å²) in [5.41, 5.74) is 3.80. The predicted octanol–water partition coefficient (Wildman–Crippen LogP) is 7.19. The highest BCUT2D eigenvalue weighted by Gasteiger charge is 2.20. The largest absolute Gasteiger partial charge is 0.368 e. The standard InChI is InChI=1S/C26H41N3S/c1-9-14-22(15-10-2)18-27-26(16-11-3)28-23(13-5)17-24(20(6)12-4)21(7)25-19-29(8)30-25/h9-10,13-17,19-21,27-28H,1,11-12,18H2,2-8H3/b15-10-,22-14+,23-13+,24-17-,26-16+. The normalized spacial score (nSPS) is 16.1. The van der Waals surface area contributed by atoms with Crippen LogP contribution in [0.25, 0.3) is 0 Å². The maximum Gasteiger partial charge on any atom is 0.0992 e. The van der Waals surface area contributed by atoms with Crippen LogP contribution in [0.4, 0.5) is 0 Å². The molecule has 0 spiro atoms. The molecule has 0 fully saturated rings. The molecule has 4 heteroatoms. The Hall–Kier alpha value is -2.20. The van der Waals surface area contributed by atoms with E-state index in [-0.39, 0.29) is 0 Å². The van der Waals surface area contributed by atoms with E-state index in [1.165, 1.54) is 16.0 Å². The molecule has 0 aliphatic carbocycles. The van der Waals surface area contributed by atoms with E-state index in [4.69, 9.17) is 0 Å². The van der Waals surface area contributed by atoms with Gasteiger partial charge in [-0.05, 0) is 50.3 Å². The molecule has 0 aliphatic rings. The maximum atomic E-state index is 3.82. The van der Waals surface area contributed by atoms with E-state index in [9.17, 15) is 0 Å². The monoisotopic (exact) mass is 427 g/mol. The summed E-state index contributed by atoms with van der Waals surface area (Å²) in [6.45, 7) is 17.8. The number of aromatic nitrogens is 1. The van der Waals surface area contributed by atoms with Crippen LogP contribution in [0.1, 0.15) is 65.2 Å². The van der Waals surface area contributed by atoms with Gasteiger partial charge in [-0.3, -0.25) is 0 Å².